The zero-order valence-corrected chi connectivity index (χ0v) is 17.0. The van der Waals surface area contributed by atoms with Crippen LogP contribution in [0.2, 0.25) is 0 Å². The quantitative estimate of drug-likeness (QED) is 0.319. The van der Waals surface area contributed by atoms with Gasteiger partial charge in [-0.2, -0.15) is 13.2 Å². The highest BCUT2D eigenvalue weighted by molar-refractivity contribution is 5.69. The van der Waals surface area contributed by atoms with E-state index in [1.165, 1.54) is 36.5 Å². The molecule has 34 heavy (non-hydrogen) atoms. The van der Waals surface area contributed by atoms with Crippen molar-refractivity contribution in [2.75, 3.05) is 5.32 Å². The molecule has 5 nitrogen and oxygen atoms in total. The van der Waals surface area contributed by atoms with Crippen molar-refractivity contribution in [3.8, 4) is 28.5 Å². The van der Waals surface area contributed by atoms with E-state index in [0.717, 1.165) is 24.3 Å². The Hall–Kier alpha value is -4.15. The summed E-state index contributed by atoms with van der Waals surface area (Å²) in [5, 5.41) is 2.92. The summed E-state index contributed by atoms with van der Waals surface area (Å²) in [5.41, 5.74) is 0.314. The number of alkyl halides is 6. The SMILES string of the molecule is FC(F)(F)Oc1ccc(Nc2cc(-c3cccc(C(F)(F)F)c3)nc(-c3ccccn3)n2)cc1. The Balaban J connectivity index is 1.72. The van der Waals surface area contributed by atoms with Crippen molar-refractivity contribution in [2.24, 2.45) is 0 Å². The molecular weight excluding hydrogens is 462 g/mol. The van der Waals surface area contributed by atoms with E-state index in [1.807, 2.05) is 0 Å². The van der Waals surface area contributed by atoms with Gasteiger partial charge in [0.25, 0.3) is 0 Å². The highest BCUT2D eigenvalue weighted by atomic mass is 19.4. The molecule has 174 valence electrons. The molecule has 0 saturated heterocycles. The number of pyridine rings is 1. The fraction of sp³-hybridized carbons (Fsp3) is 0.0870. The van der Waals surface area contributed by atoms with E-state index in [4.69, 9.17) is 0 Å². The number of hydrogen-bond acceptors (Lipinski definition) is 5. The van der Waals surface area contributed by atoms with Gasteiger partial charge in [0, 0.05) is 23.5 Å². The number of nitrogens with zero attached hydrogens (tertiary/aromatic N) is 3. The molecule has 0 aliphatic rings. The second-order valence-electron chi connectivity index (χ2n) is 6.95. The van der Waals surface area contributed by atoms with Crippen molar-refractivity contribution in [1.82, 2.24) is 15.0 Å². The van der Waals surface area contributed by atoms with E-state index in [9.17, 15) is 26.3 Å². The largest absolute Gasteiger partial charge is 0.573 e. The van der Waals surface area contributed by atoms with Crippen LogP contribution in [0.4, 0.5) is 37.8 Å². The van der Waals surface area contributed by atoms with Crippen LogP contribution in [0.1, 0.15) is 5.56 Å². The van der Waals surface area contributed by atoms with Crippen LogP contribution < -0.4 is 10.1 Å². The van der Waals surface area contributed by atoms with E-state index < -0.39 is 23.9 Å². The van der Waals surface area contributed by atoms with E-state index in [-0.39, 0.29) is 22.9 Å². The van der Waals surface area contributed by atoms with Crippen molar-refractivity contribution in [3.05, 3.63) is 84.6 Å². The van der Waals surface area contributed by atoms with Crippen molar-refractivity contribution in [3.63, 3.8) is 0 Å². The molecule has 0 saturated carbocycles. The molecule has 4 aromatic rings. The Kier molecular flexibility index (Phi) is 6.10. The second-order valence-corrected chi connectivity index (χ2v) is 6.95. The van der Waals surface area contributed by atoms with E-state index in [0.29, 0.717) is 11.4 Å². The van der Waals surface area contributed by atoms with Crippen LogP contribution in [0.15, 0.2) is 79.0 Å². The molecule has 11 heteroatoms. The van der Waals surface area contributed by atoms with Crippen molar-refractivity contribution < 1.29 is 31.1 Å². The number of nitrogens with one attached hydrogen (secondary N) is 1. The Morgan fingerprint density at radius 3 is 2.15 bits per heavy atom. The van der Waals surface area contributed by atoms with Gasteiger partial charge in [0.1, 0.15) is 17.3 Å². The molecule has 1 N–H and O–H groups in total. The molecule has 0 amide bonds. The van der Waals surface area contributed by atoms with Gasteiger partial charge in [-0.3, -0.25) is 4.98 Å². The number of anilines is 2. The predicted octanol–water partition coefficient (Wildman–Crippen LogP) is 6.87. The average Bonchev–Trinajstić information content (AvgIpc) is 2.79. The standard InChI is InChI=1S/C23H14F6N4O/c24-22(25,26)15-5-3-4-14(12-15)19-13-20(33-21(32-19)18-6-1-2-11-30-18)31-16-7-9-17(10-8-16)34-23(27,28)29/h1-13H,(H,31,32,33). The first-order valence-electron chi connectivity index (χ1n) is 9.68. The Labute approximate surface area is 189 Å². The van der Waals surface area contributed by atoms with Gasteiger partial charge in [0.15, 0.2) is 5.82 Å². The summed E-state index contributed by atoms with van der Waals surface area (Å²) < 4.78 is 80.5. The maximum atomic E-state index is 13.2. The second kappa shape index (κ2) is 9.00. The third-order valence-corrected chi connectivity index (χ3v) is 4.47. The Bertz CT molecular complexity index is 1280. The molecule has 0 aliphatic heterocycles. The number of benzene rings is 2. The summed E-state index contributed by atoms with van der Waals surface area (Å²) in [7, 11) is 0. The first-order valence-corrected chi connectivity index (χ1v) is 9.68. The molecule has 2 aromatic carbocycles. The lowest BCUT2D eigenvalue weighted by Gasteiger charge is -2.13. The van der Waals surface area contributed by atoms with Crippen LogP contribution in [-0.2, 0) is 6.18 Å². The van der Waals surface area contributed by atoms with Gasteiger partial charge < -0.3 is 10.1 Å². The van der Waals surface area contributed by atoms with Crippen LogP contribution in [0, 0.1) is 0 Å². The minimum Gasteiger partial charge on any atom is -0.406 e. The number of halogens is 6. The third-order valence-electron chi connectivity index (χ3n) is 4.47. The molecule has 4 rings (SSSR count). The van der Waals surface area contributed by atoms with Crippen LogP contribution >= 0.6 is 0 Å². The van der Waals surface area contributed by atoms with Crippen molar-refractivity contribution in [1.29, 1.82) is 0 Å². The molecule has 0 atom stereocenters. The van der Waals surface area contributed by atoms with Gasteiger partial charge in [0.2, 0.25) is 0 Å². The van der Waals surface area contributed by atoms with Gasteiger partial charge in [-0.05, 0) is 48.5 Å². The Morgan fingerprint density at radius 2 is 1.50 bits per heavy atom. The van der Waals surface area contributed by atoms with Gasteiger partial charge in [-0.15, -0.1) is 13.2 Å². The molecule has 0 aliphatic carbocycles. The molecule has 0 unspecified atom stereocenters. The molecule has 0 spiro atoms. The molecule has 0 fully saturated rings. The van der Waals surface area contributed by atoms with Crippen LogP contribution in [-0.4, -0.2) is 21.3 Å². The molecular formula is C23H14F6N4O. The van der Waals surface area contributed by atoms with Gasteiger partial charge >= 0.3 is 12.5 Å². The molecule has 0 bridgehead atoms. The van der Waals surface area contributed by atoms with Crippen LogP contribution in [0.3, 0.4) is 0 Å². The first kappa shape index (κ1) is 23.0. The summed E-state index contributed by atoms with van der Waals surface area (Å²) in [6.07, 6.45) is -7.84. The van der Waals surface area contributed by atoms with Crippen LogP contribution in [0.25, 0.3) is 22.8 Å². The zero-order valence-electron chi connectivity index (χ0n) is 17.0. The Morgan fingerprint density at radius 1 is 0.735 bits per heavy atom. The van der Waals surface area contributed by atoms with Crippen molar-refractivity contribution in [2.45, 2.75) is 12.5 Å². The fourth-order valence-electron chi connectivity index (χ4n) is 3.01. The molecule has 2 heterocycles. The lowest BCUT2D eigenvalue weighted by atomic mass is 10.1. The summed E-state index contributed by atoms with van der Waals surface area (Å²) in [6, 6.07) is 16.0. The smallest absolute Gasteiger partial charge is 0.406 e. The number of hydrogen-bond donors (Lipinski definition) is 1. The summed E-state index contributed by atoms with van der Waals surface area (Å²) in [6.45, 7) is 0. The maximum Gasteiger partial charge on any atom is 0.573 e. The fourth-order valence-corrected chi connectivity index (χ4v) is 3.01. The molecule has 0 radical (unpaired) electrons. The van der Waals surface area contributed by atoms with E-state index in [1.54, 1.807) is 18.2 Å². The van der Waals surface area contributed by atoms with Crippen LogP contribution in [0.5, 0.6) is 5.75 Å². The number of aromatic nitrogens is 3. The topological polar surface area (TPSA) is 59.9 Å². The summed E-state index contributed by atoms with van der Waals surface area (Å²) in [5.74, 6) is -0.0536. The normalized spacial score (nSPS) is 11.8. The maximum absolute atomic E-state index is 13.2. The zero-order chi connectivity index (χ0) is 24.3. The first-order chi connectivity index (χ1) is 16.1. The lowest BCUT2D eigenvalue weighted by molar-refractivity contribution is -0.274. The number of ether oxygens (including phenoxy) is 1. The third kappa shape index (κ3) is 5.80. The van der Waals surface area contributed by atoms with Gasteiger partial charge in [-0.25, -0.2) is 9.97 Å². The highest BCUT2D eigenvalue weighted by Gasteiger charge is 2.31. The average molecular weight is 476 g/mol. The monoisotopic (exact) mass is 476 g/mol. The summed E-state index contributed by atoms with van der Waals surface area (Å²) >= 11 is 0. The number of rotatable bonds is 5. The van der Waals surface area contributed by atoms with Crippen molar-refractivity contribution >= 4 is 11.5 Å². The van der Waals surface area contributed by atoms with E-state index in [2.05, 4.69) is 25.0 Å². The van der Waals surface area contributed by atoms with E-state index >= 15 is 0 Å². The van der Waals surface area contributed by atoms with Gasteiger partial charge in [0.05, 0.1) is 11.3 Å². The highest BCUT2D eigenvalue weighted by Crippen LogP contribution is 2.33. The minimum absolute atomic E-state index is 0.148. The molecule has 2 aromatic heterocycles. The summed E-state index contributed by atoms with van der Waals surface area (Å²) in [4.78, 5) is 12.9. The predicted molar refractivity (Wildman–Crippen MR) is 112 cm³/mol. The lowest BCUT2D eigenvalue weighted by Crippen LogP contribution is -2.16. The van der Waals surface area contributed by atoms with Gasteiger partial charge in [-0.1, -0.05) is 18.2 Å². The minimum atomic E-state index is -4.82.